The molecule has 2 aromatic rings. The van der Waals surface area contributed by atoms with Crippen LogP contribution in [-0.4, -0.2) is 12.2 Å². The zero-order valence-corrected chi connectivity index (χ0v) is 11.8. The summed E-state index contributed by atoms with van der Waals surface area (Å²) in [6.45, 7) is 0. The maximum Gasteiger partial charge on any atom is 0.224 e. The molecule has 1 amide bonds. The van der Waals surface area contributed by atoms with Crippen LogP contribution in [0.15, 0.2) is 46.7 Å². The lowest BCUT2D eigenvalue weighted by atomic mass is 10.2. The standard InChI is InChI=1S/C14H15NOS2/c1-17-13-5-2-4-11(10-13)15-14(16)8-7-12-6-3-9-18-12/h2-6,9-10H,7-8H2,1H3,(H,15,16). The number of thiophene rings is 1. The van der Waals surface area contributed by atoms with E-state index in [1.165, 1.54) is 4.88 Å². The van der Waals surface area contributed by atoms with Crippen molar-refractivity contribution >= 4 is 34.7 Å². The van der Waals surface area contributed by atoms with Crippen LogP contribution in [0.25, 0.3) is 0 Å². The van der Waals surface area contributed by atoms with Gasteiger partial charge in [0.2, 0.25) is 5.91 Å². The topological polar surface area (TPSA) is 29.1 Å². The van der Waals surface area contributed by atoms with Gasteiger partial charge in [0, 0.05) is 21.9 Å². The molecule has 0 aliphatic heterocycles. The van der Waals surface area contributed by atoms with E-state index in [-0.39, 0.29) is 5.91 Å². The maximum atomic E-state index is 11.8. The number of hydrogen-bond acceptors (Lipinski definition) is 3. The van der Waals surface area contributed by atoms with E-state index in [4.69, 9.17) is 0 Å². The predicted octanol–water partition coefficient (Wildman–Crippen LogP) is 4.04. The summed E-state index contributed by atoms with van der Waals surface area (Å²) in [4.78, 5) is 14.2. The lowest BCUT2D eigenvalue weighted by Crippen LogP contribution is -2.11. The Morgan fingerprint density at radius 3 is 2.94 bits per heavy atom. The second-order valence-electron chi connectivity index (χ2n) is 3.86. The SMILES string of the molecule is CSc1cccc(NC(=O)CCc2cccs2)c1. The zero-order valence-electron chi connectivity index (χ0n) is 10.2. The van der Waals surface area contributed by atoms with E-state index < -0.39 is 0 Å². The van der Waals surface area contributed by atoms with Gasteiger partial charge < -0.3 is 5.32 Å². The Morgan fingerprint density at radius 1 is 1.33 bits per heavy atom. The quantitative estimate of drug-likeness (QED) is 0.836. The van der Waals surface area contributed by atoms with Crippen LogP contribution in [-0.2, 0) is 11.2 Å². The van der Waals surface area contributed by atoms with Gasteiger partial charge in [0.05, 0.1) is 0 Å². The van der Waals surface area contributed by atoms with E-state index in [2.05, 4.69) is 11.4 Å². The number of anilines is 1. The molecule has 0 saturated heterocycles. The molecule has 94 valence electrons. The Bertz CT molecular complexity index is 508. The number of rotatable bonds is 5. The third-order valence-electron chi connectivity index (χ3n) is 2.53. The van der Waals surface area contributed by atoms with Crippen LogP contribution in [0.2, 0.25) is 0 Å². The van der Waals surface area contributed by atoms with Crippen LogP contribution >= 0.6 is 23.1 Å². The molecule has 4 heteroatoms. The highest BCUT2D eigenvalue weighted by atomic mass is 32.2. The van der Waals surface area contributed by atoms with Gasteiger partial charge in [-0.05, 0) is 42.3 Å². The normalized spacial score (nSPS) is 10.3. The lowest BCUT2D eigenvalue weighted by molar-refractivity contribution is -0.116. The molecule has 18 heavy (non-hydrogen) atoms. The molecule has 0 aliphatic carbocycles. The number of aryl methyl sites for hydroxylation is 1. The van der Waals surface area contributed by atoms with Gasteiger partial charge in [-0.1, -0.05) is 12.1 Å². The Balaban J connectivity index is 1.86. The summed E-state index contributed by atoms with van der Waals surface area (Å²) in [5.74, 6) is 0.0710. The third-order valence-corrected chi connectivity index (χ3v) is 4.19. The molecular weight excluding hydrogens is 262 g/mol. The summed E-state index contributed by atoms with van der Waals surface area (Å²) in [6.07, 6.45) is 3.37. The molecule has 0 saturated carbocycles. The van der Waals surface area contributed by atoms with Gasteiger partial charge >= 0.3 is 0 Å². The van der Waals surface area contributed by atoms with E-state index >= 15 is 0 Å². The fourth-order valence-electron chi connectivity index (χ4n) is 1.62. The average molecular weight is 277 g/mol. The first-order valence-corrected chi connectivity index (χ1v) is 7.84. The minimum Gasteiger partial charge on any atom is -0.326 e. The summed E-state index contributed by atoms with van der Waals surface area (Å²) < 4.78 is 0. The summed E-state index contributed by atoms with van der Waals surface area (Å²) in [5, 5.41) is 4.97. The molecule has 1 aromatic carbocycles. The molecule has 1 heterocycles. The molecule has 0 radical (unpaired) electrons. The zero-order chi connectivity index (χ0) is 12.8. The summed E-state index contributed by atoms with van der Waals surface area (Å²) in [5.41, 5.74) is 0.873. The number of benzene rings is 1. The third kappa shape index (κ3) is 3.89. The van der Waals surface area contributed by atoms with Crippen molar-refractivity contribution in [2.45, 2.75) is 17.7 Å². The number of carbonyl (C=O) groups is 1. The van der Waals surface area contributed by atoms with Gasteiger partial charge in [0.25, 0.3) is 0 Å². The molecule has 0 unspecified atom stereocenters. The highest BCUT2D eigenvalue weighted by Crippen LogP contribution is 2.19. The Kier molecular flexibility index (Phi) is 4.84. The monoisotopic (exact) mass is 277 g/mol. The predicted molar refractivity (Wildman–Crippen MR) is 79.5 cm³/mol. The van der Waals surface area contributed by atoms with E-state index in [1.807, 2.05) is 42.0 Å². The molecule has 0 aliphatic rings. The van der Waals surface area contributed by atoms with Crippen LogP contribution in [0.5, 0.6) is 0 Å². The Labute approximate surface area is 115 Å². The fourth-order valence-corrected chi connectivity index (χ4v) is 2.78. The van der Waals surface area contributed by atoms with Crippen molar-refractivity contribution in [3.63, 3.8) is 0 Å². The number of amides is 1. The number of thioether (sulfide) groups is 1. The largest absolute Gasteiger partial charge is 0.326 e. The van der Waals surface area contributed by atoms with Crippen molar-refractivity contribution in [2.24, 2.45) is 0 Å². The highest BCUT2D eigenvalue weighted by molar-refractivity contribution is 7.98. The van der Waals surface area contributed by atoms with Gasteiger partial charge in [-0.2, -0.15) is 0 Å². The van der Waals surface area contributed by atoms with E-state index in [0.29, 0.717) is 6.42 Å². The molecule has 1 N–H and O–H groups in total. The number of hydrogen-bond donors (Lipinski definition) is 1. The molecule has 0 fully saturated rings. The molecule has 2 nitrogen and oxygen atoms in total. The summed E-state index contributed by atoms with van der Waals surface area (Å²) in [7, 11) is 0. The first-order valence-electron chi connectivity index (χ1n) is 5.74. The fraction of sp³-hybridized carbons (Fsp3) is 0.214. The lowest BCUT2D eigenvalue weighted by Gasteiger charge is -2.06. The van der Waals surface area contributed by atoms with Gasteiger partial charge in [-0.25, -0.2) is 0 Å². The van der Waals surface area contributed by atoms with Crippen molar-refractivity contribution in [3.05, 3.63) is 46.7 Å². The molecule has 0 atom stereocenters. The average Bonchev–Trinajstić information content (AvgIpc) is 2.90. The van der Waals surface area contributed by atoms with Crippen molar-refractivity contribution in [1.82, 2.24) is 0 Å². The van der Waals surface area contributed by atoms with Gasteiger partial charge in [-0.3, -0.25) is 4.79 Å². The maximum absolute atomic E-state index is 11.8. The summed E-state index contributed by atoms with van der Waals surface area (Å²) in [6, 6.07) is 12.0. The van der Waals surface area contributed by atoms with Crippen LogP contribution in [0.4, 0.5) is 5.69 Å². The molecule has 1 aromatic heterocycles. The van der Waals surface area contributed by atoms with Gasteiger partial charge in [0.15, 0.2) is 0 Å². The highest BCUT2D eigenvalue weighted by Gasteiger charge is 2.04. The Hall–Kier alpha value is -1.26. The van der Waals surface area contributed by atoms with E-state index in [0.717, 1.165) is 17.0 Å². The molecule has 0 bridgehead atoms. The Morgan fingerprint density at radius 2 is 2.22 bits per heavy atom. The van der Waals surface area contributed by atoms with E-state index in [9.17, 15) is 4.79 Å². The van der Waals surface area contributed by atoms with Crippen molar-refractivity contribution in [1.29, 1.82) is 0 Å². The van der Waals surface area contributed by atoms with Gasteiger partial charge in [0.1, 0.15) is 0 Å². The number of carbonyl (C=O) groups excluding carboxylic acids is 1. The second kappa shape index (κ2) is 6.61. The minimum absolute atomic E-state index is 0.0710. The first-order chi connectivity index (χ1) is 8.78. The van der Waals surface area contributed by atoms with Crippen LogP contribution in [0.1, 0.15) is 11.3 Å². The van der Waals surface area contributed by atoms with Gasteiger partial charge in [-0.15, -0.1) is 23.1 Å². The molecular formula is C14H15NOS2. The minimum atomic E-state index is 0.0710. The first kappa shape index (κ1) is 13.2. The van der Waals surface area contributed by atoms with Crippen molar-refractivity contribution in [3.8, 4) is 0 Å². The second-order valence-corrected chi connectivity index (χ2v) is 5.77. The van der Waals surface area contributed by atoms with Crippen LogP contribution < -0.4 is 5.32 Å². The smallest absolute Gasteiger partial charge is 0.224 e. The van der Waals surface area contributed by atoms with Crippen molar-refractivity contribution < 1.29 is 4.79 Å². The molecule has 2 rings (SSSR count). The summed E-state index contributed by atoms with van der Waals surface area (Å²) >= 11 is 3.37. The van der Waals surface area contributed by atoms with Crippen LogP contribution in [0.3, 0.4) is 0 Å². The van der Waals surface area contributed by atoms with Crippen LogP contribution in [0, 0.1) is 0 Å². The van der Waals surface area contributed by atoms with Crippen molar-refractivity contribution in [2.75, 3.05) is 11.6 Å². The number of nitrogens with one attached hydrogen (secondary N) is 1. The van der Waals surface area contributed by atoms with E-state index in [1.54, 1.807) is 23.1 Å². The molecule has 0 spiro atoms.